The highest BCUT2D eigenvalue weighted by Gasteiger charge is 2.22. The van der Waals surface area contributed by atoms with E-state index in [-0.39, 0.29) is 17.9 Å². The molecule has 1 aromatic heterocycles. The van der Waals surface area contributed by atoms with E-state index in [0.29, 0.717) is 11.6 Å². The minimum atomic E-state index is 0.0319. The van der Waals surface area contributed by atoms with E-state index in [1.807, 2.05) is 19.9 Å². The number of hydrogen-bond acceptors (Lipinski definition) is 4. The van der Waals surface area contributed by atoms with E-state index in [1.165, 1.54) is 0 Å². The van der Waals surface area contributed by atoms with Gasteiger partial charge in [0.2, 0.25) is 11.8 Å². The fourth-order valence-electron chi connectivity index (χ4n) is 2.12. The Kier molecular flexibility index (Phi) is 4.74. The number of nitrogens with one attached hydrogen (secondary N) is 2. The number of hydrogen-bond donors (Lipinski definition) is 2. The third kappa shape index (κ3) is 3.92. The molecule has 0 aliphatic carbocycles. The quantitative estimate of drug-likeness (QED) is 0.869. The molecule has 5 heteroatoms. The van der Waals surface area contributed by atoms with Crippen LogP contribution in [0, 0.1) is 5.92 Å². The van der Waals surface area contributed by atoms with Gasteiger partial charge in [-0.25, -0.2) is 4.98 Å². The number of aromatic nitrogens is 1. The predicted octanol–water partition coefficient (Wildman–Crippen LogP) is 1.81. The molecular weight excluding hydrogens is 242 g/mol. The Morgan fingerprint density at radius 1 is 1.47 bits per heavy atom. The first-order valence-electron chi connectivity index (χ1n) is 6.80. The molecule has 0 spiro atoms. The summed E-state index contributed by atoms with van der Waals surface area (Å²) in [6.07, 6.45) is 3.46. The van der Waals surface area contributed by atoms with Gasteiger partial charge in [0, 0.05) is 12.1 Å². The van der Waals surface area contributed by atoms with Crippen LogP contribution >= 0.6 is 0 Å². The van der Waals surface area contributed by atoms with Crippen molar-refractivity contribution < 1.29 is 9.53 Å². The van der Waals surface area contributed by atoms with Crippen molar-refractivity contribution in [3.05, 3.63) is 18.3 Å². The molecule has 1 saturated heterocycles. The number of ether oxygens (including phenoxy) is 1. The van der Waals surface area contributed by atoms with Crippen LogP contribution in [0.3, 0.4) is 0 Å². The Balaban J connectivity index is 2.03. The zero-order valence-corrected chi connectivity index (χ0v) is 11.5. The number of nitrogens with zero attached hydrogens (tertiary/aromatic N) is 1. The lowest BCUT2D eigenvalue weighted by atomic mass is 9.97. The van der Waals surface area contributed by atoms with E-state index < -0.39 is 0 Å². The SMILES string of the molecule is CC(C)Oc1ncccc1NC(=O)C1CCNCC1. The highest BCUT2D eigenvalue weighted by Crippen LogP contribution is 2.23. The molecule has 5 nitrogen and oxygen atoms in total. The van der Waals surface area contributed by atoms with Gasteiger partial charge in [-0.2, -0.15) is 0 Å². The Labute approximate surface area is 113 Å². The van der Waals surface area contributed by atoms with Crippen molar-refractivity contribution in [1.29, 1.82) is 0 Å². The first-order valence-corrected chi connectivity index (χ1v) is 6.80. The maximum atomic E-state index is 12.2. The van der Waals surface area contributed by atoms with Crippen molar-refractivity contribution in [2.75, 3.05) is 18.4 Å². The smallest absolute Gasteiger partial charge is 0.238 e. The van der Waals surface area contributed by atoms with E-state index in [9.17, 15) is 4.79 Å². The molecule has 2 N–H and O–H groups in total. The largest absolute Gasteiger partial charge is 0.473 e. The molecular formula is C14H21N3O2. The lowest BCUT2D eigenvalue weighted by Gasteiger charge is -2.22. The summed E-state index contributed by atoms with van der Waals surface area (Å²) in [5.74, 6) is 0.622. The highest BCUT2D eigenvalue weighted by atomic mass is 16.5. The van der Waals surface area contributed by atoms with Crippen LogP contribution in [0.15, 0.2) is 18.3 Å². The standard InChI is InChI=1S/C14H21N3O2/c1-10(2)19-14-12(4-3-7-16-14)17-13(18)11-5-8-15-9-6-11/h3-4,7,10-11,15H,5-6,8-9H2,1-2H3,(H,17,18). The summed E-state index contributed by atoms with van der Waals surface area (Å²) in [7, 11) is 0. The second-order valence-corrected chi connectivity index (χ2v) is 5.04. The van der Waals surface area contributed by atoms with Crippen molar-refractivity contribution in [2.45, 2.75) is 32.8 Å². The van der Waals surface area contributed by atoms with E-state index in [1.54, 1.807) is 12.3 Å². The average molecular weight is 263 g/mol. The van der Waals surface area contributed by atoms with Crippen molar-refractivity contribution in [2.24, 2.45) is 5.92 Å². The van der Waals surface area contributed by atoms with Crippen molar-refractivity contribution in [1.82, 2.24) is 10.3 Å². The maximum absolute atomic E-state index is 12.2. The van der Waals surface area contributed by atoms with Crippen LogP contribution in [0.5, 0.6) is 5.88 Å². The molecule has 1 amide bonds. The van der Waals surface area contributed by atoms with Crippen molar-refractivity contribution >= 4 is 11.6 Å². The first-order chi connectivity index (χ1) is 9.16. The van der Waals surface area contributed by atoms with Crippen LogP contribution in [0.4, 0.5) is 5.69 Å². The zero-order chi connectivity index (χ0) is 13.7. The second-order valence-electron chi connectivity index (χ2n) is 5.04. The lowest BCUT2D eigenvalue weighted by Crippen LogP contribution is -2.34. The van der Waals surface area contributed by atoms with Gasteiger partial charge in [-0.15, -0.1) is 0 Å². The Hall–Kier alpha value is -1.62. The summed E-state index contributed by atoms with van der Waals surface area (Å²) in [4.78, 5) is 16.4. The fraction of sp³-hybridized carbons (Fsp3) is 0.571. The molecule has 0 atom stereocenters. The summed E-state index contributed by atoms with van der Waals surface area (Å²) in [6, 6.07) is 3.62. The molecule has 0 unspecified atom stereocenters. The second kappa shape index (κ2) is 6.52. The molecule has 0 radical (unpaired) electrons. The molecule has 104 valence electrons. The van der Waals surface area contributed by atoms with Crippen LogP contribution in [-0.2, 0) is 4.79 Å². The molecule has 1 aliphatic rings. The third-order valence-corrected chi connectivity index (χ3v) is 3.09. The normalized spacial score (nSPS) is 16.4. The molecule has 2 heterocycles. The van der Waals surface area contributed by atoms with Gasteiger partial charge in [0.1, 0.15) is 5.69 Å². The highest BCUT2D eigenvalue weighted by molar-refractivity contribution is 5.93. The van der Waals surface area contributed by atoms with Gasteiger partial charge in [0.15, 0.2) is 0 Å². The fourth-order valence-corrected chi connectivity index (χ4v) is 2.12. The van der Waals surface area contributed by atoms with E-state index in [2.05, 4.69) is 15.6 Å². The van der Waals surface area contributed by atoms with Crippen LogP contribution < -0.4 is 15.4 Å². The van der Waals surface area contributed by atoms with Gasteiger partial charge in [0.05, 0.1) is 6.10 Å². The summed E-state index contributed by atoms with van der Waals surface area (Å²) in [5.41, 5.74) is 0.653. The number of anilines is 1. The van der Waals surface area contributed by atoms with E-state index >= 15 is 0 Å². The number of carbonyl (C=O) groups excluding carboxylic acids is 1. The van der Waals surface area contributed by atoms with Gasteiger partial charge >= 0.3 is 0 Å². The van der Waals surface area contributed by atoms with Crippen LogP contribution in [0.25, 0.3) is 0 Å². The topological polar surface area (TPSA) is 63.2 Å². The van der Waals surface area contributed by atoms with E-state index in [4.69, 9.17) is 4.74 Å². The molecule has 19 heavy (non-hydrogen) atoms. The number of pyridine rings is 1. The molecule has 1 aromatic rings. The maximum Gasteiger partial charge on any atom is 0.238 e. The van der Waals surface area contributed by atoms with Crippen molar-refractivity contribution in [3.63, 3.8) is 0 Å². The minimum absolute atomic E-state index is 0.0319. The molecule has 0 saturated carbocycles. The Bertz CT molecular complexity index is 428. The number of amides is 1. The molecule has 2 rings (SSSR count). The van der Waals surface area contributed by atoms with E-state index in [0.717, 1.165) is 25.9 Å². The summed E-state index contributed by atoms with van der Waals surface area (Å²) in [5, 5.41) is 6.19. The molecule has 1 aliphatic heterocycles. The van der Waals surface area contributed by atoms with Crippen LogP contribution in [0.2, 0.25) is 0 Å². The predicted molar refractivity (Wildman–Crippen MR) is 74.2 cm³/mol. The van der Waals surface area contributed by atoms with Gasteiger partial charge in [-0.1, -0.05) is 0 Å². The third-order valence-electron chi connectivity index (χ3n) is 3.09. The average Bonchev–Trinajstić information content (AvgIpc) is 2.41. The van der Waals surface area contributed by atoms with Crippen molar-refractivity contribution in [3.8, 4) is 5.88 Å². The Morgan fingerprint density at radius 2 is 2.21 bits per heavy atom. The Morgan fingerprint density at radius 3 is 2.89 bits per heavy atom. The lowest BCUT2D eigenvalue weighted by molar-refractivity contribution is -0.120. The zero-order valence-electron chi connectivity index (χ0n) is 11.5. The minimum Gasteiger partial charge on any atom is -0.473 e. The van der Waals surface area contributed by atoms with Gasteiger partial charge < -0.3 is 15.4 Å². The van der Waals surface area contributed by atoms with Gasteiger partial charge in [0.25, 0.3) is 0 Å². The monoisotopic (exact) mass is 263 g/mol. The summed E-state index contributed by atoms with van der Waals surface area (Å²) >= 11 is 0. The molecule has 1 fully saturated rings. The summed E-state index contributed by atoms with van der Waals surface area (Å²) in [6.45, 7) is 5.68. The van der Waals surface area contributed by atoms with Gasteiger partial charge in [-0.3, -0.25) is 4.79 Å². The van der Waals surface area contributed by atoms with Crippen LogP contribution in [-0.4, -0.2) is 30.1 Å². The first kappa shape index (κ1) is 13.8. The summed E-state index contributed by atoms with van der Waals surface area (Å²) < 4.78 is 5.60. The number of carbonyl (C=O) groups is 1. The number of piperidine rings is 1. The van der Waals surface area contributed by atoms with Gasteiger partial charge in [-0.05, 0) is 51.9 Å². The van der Waals surface area contributed by atoms with Crippen LogP contribution in [0.1, 0.15) is 26.7 Å². The number of rotatable bonds is 4. The molecule has 0 aromatic carbocycles. The molecule has 0 bridgehead atoms.